The molecule has 1 rings (SSSR count). The number of methoxy groups -OCH3 is 2. The Bertz CT molecular complexity index is 548. The summed E-state index contributed by atoms with van der Waals surface area (Å²) in [7, 11) is 2.33. The lowest BCUT2D eigenvalue weighted by atomic mass is 10.2. The van der Waals surface area contributed by atoms with E-state index in [4.69, 9.17) is 0 Å². The summed E-state index contributed by atoms with van der Waals surface area (Å²) in [5.74, 6) is -2.08. The first-order valence-electron chi connectivity index (χ1n) is 5.49. The van der Waals surface area contributed by atoms with E-state index in [0.29, 0.717) is 3.57 Å². The van der Waals surface area contributed by atoms with Gasteiger partial charge in [-0.2, -0.15) is 0 Å². The largest absolute Gasteiger partial charge is 0.466 e. The zero-order valence-corrected chi connectivity index (χ0v) is 13.3. The maximum absolute atomic E-state index is 13.9. The van der Waals surface area contributed by atoms with Crippen LogP contribution in [0, 0.1) is 16.3 Å². The van der Waals surface area contributed by atoms with E-state index >= 15 is 0 Å². The molecular weight excluding hydrogens is 380 g/mol. The van der Waals surface area contributed by atoms with Crippen LogP contribution in [0.1, 0.15) is 5.56 Å². The lowest BCUT2D eigenvalue weighted by molar-refractivity contribution is -0.138. The van der Waals surface area contributed by atoms with Gasteiger partial charge < -0.3 is 14.8 Å². The average Bonchev–Trinajstić information content (AvgIpc) is 2.40. The van der Waals surface area contributed by atoms with Gasteiger partial charge in [0.05, 0.1) is 26.0 Å². The third-order valence-corrected chi connectivity index (χ3v) is 3.17. The molecule has 0 amide bonds. The lowest BCUT2D eigenvalue weighted by Gasteiger charge is -2.12. The van der Waals surface area contributed by atoms with Gasteiger partial charge in [-0.3, -0.25) is 0 Å². The molecule has 0 atom stereocenters. The molecule has 0 fully saturated rings. The quantitative estimate of drug-likeness (QED) is 0.484. The summed E-state index contributed by atoms with van der Waals surface area (Å²) < 4.78 is 23.4. The second kappa shape index (κ2) is 7.22. The van der Waals surface area contributed by atoms with Gasteiger partial charge in [0, 0.05) is 3.57 Å². The van der Waals surface area contributed by atoms with Crippen molar-refractivity contribution in [3.8, 4) is 0 Å². The molecule has 0 aliphatic rings. The molecule has 1 aromatic rings. The van der Waals surface area contributed by atoms with Crippen molar-refractivity contribution in [1.29, 1.82) is 0 Å². The van der Waals surface area contributed by atoms with Crippen molar-refractivity contribution in [3.05, 3.63) is 38.9 Å². The fourth-order valence-electron chi connectivity index (χ4n) is 1.39. The van der Waals surface area contributed by atoms with Crippen LogP contribution in [0.5, 0.6) is 0 Å². The van der Waals surface area contributed by atoms with Crippen LogP contribution in [-0.4, -0.2) is 26.2 Å². The average molecular weight is 393 g/mol. The van der Waals surface area contributed by atoms with Crippen molar-refractivity contribution in [2.24, 2.45) is 0 Å². The summed E-state index contributed by atoms with van der Waals surface area (Å²) in [6.07, 6.45) is 0.904. The summed E-state index contributed by atoms with van der Waals surface area (Å²) in [5.41, 5.74) is 0.630. The van der Waals surface area contributed by atoms with Crippen molar-refractivity contribution in [2.75, 3.05) is 19.5 Å². The van der Waals surface area contributed by atoms with E-state index < -0.39 is 17.8 Å². The Kier molecular flexibility index (Phi) is 5.93. The van der Waals surface area contributed by atoms with Gasteiger partial charge in [-0.05, 0) is 47.2 Å². The van der Waals surface area contributed by atoms with Gasteiger partial charge >= 0.3 is 11.9 Å². The van der Waals surface area contributed by atoms with E-state index in [2.05, 4.69) is 14.8 Å². The highest BCUT2D eigenvalue weighted by molar-refractivity contribution is 14.1. The zero-order chi connectivity index (χ0) is 15.3. The van der Waals surface area contributed by atoms with Gasteiger partial charge in [0.2, 0.25) is 0 Å². The molecule has 20 heavy (non-hydrogen) atoms. The zero-order valence-electron chi connectivity index (χ0n) is 11.1. The van der Waals surface area contributed by atoms with Crippen LogP contribution >= 0.6 is 22.6 Å². The number of esters is 2. The summed E-state index contributed by atoms with van der Waals surface area (Å²) in [5, 5.41) is 2.56. The van der Waals surface area contributed by atoms with E-state index in [1.54, 1.807) is 13.0 Å². The number of rotatable bonds is 4. The van der Waals surface area contributed by atoms with Crippen molar-refractivity contribution in [3.63, 3.8) is 0 Å². The molecule has 5 nitrogen and oxygen atoms in total. The van der Waals surface area contributed by atoms with Crippen LogP contribution in [0.25, 0.3) is 0 Å². The van der Waals surface area contributed by atoms with Gasteiger partial charge in [0.15, 0.2) is 0 Å². The fraction of sp³-hybridized carbons (Fsp3) is 0.231. The first-order valence-corrected chi connectivity index (χ1v) is 6.57. The Balaban J connectivity index is 3.17. The Morgan fingerprint density at radius 3 is 2.45 bits per heavy atom. The van der Waals surface area contributed by atoms with Crippen LogP contribution in [0.15, 0.2) is 23.9 Å². The monoisotopic (exact) mass is 393 g/mol. The number of hydrogen-bond acceptors (Lipinski definition) is 5. The molecule has 0 radical (unpaired) electrons. The number of nitrogens with one attached hydrogen (secondary N) is 1. The van der Waals surface area contributed by atoms with E-state index in [-0.39, 0.29) is 11.4 Å². The Morgan fingerprint density at radius 1 is 1.30 bits per heavy atom. The molecule has 0 saturated heterocycles. The third-order valence-electron chi connectivity index (χ3n) is 2.31. The van der Waals surface area contributed by atoms with Crippen molar-refractivity contribution >= 4 is 40.2 Å². The van der Waals surface area contributed by atoms with Gasteiger partial charge in [0.1, 0.15) is 11.5 Å². The molecule has 1 N–H and O–H groups in total. The predicted molar refractivity (Wildman–Crippen MR) is 79.6 cm³/mol. The third kappa shape index (κ3) is 4.19. The number of halogens is 2. The van der Waals surface area contributed by atoms with E-state index in [9.17, 15) is 14.0 Å². The second-order valence-electron chi connectivity index (χ2n) is 3.80. The minimum Gasteiger partial charge on any atom is -0.466 e. The smallest absolute Gasteiger partial charge is 0.354 e. The van der Waals surface area contributed by atoms with Gasteiger partial charge in [-0.15, -0.1) is 0 Å². The second-order valence-corrected chi connectivity index (χ2v) is 4.96. The van der Waals surface area contributed by atoms with Crippen LogP contribution in [0.2, 0.25) is 0 Å². The topological polar surface area (TPSA) is 64.6 Å². The summed E-state index contributed by atoms with van der Waals surface area (Å²) in [6.45, 7) is 1.75. The molecule has 0 aliphatic heterocycles. The minimum atomic E-state index is -0.800. The van der Waals surface area contributed by atoms with E-state index in [1.165, 1.54) is 13.2 Å². The SMILES string of the molecule is COC(=O)/C=C(/Nc1c(F)cc(C)cc1I)C(=O)OC. The van der Waals surface area contributed by atoms with Crippen LogP contribution in [-0.2, 0) is 19.1 Å². The molecule has 0 unspecified atom stereocenters. The first kappa shape index (κ1) is 16.4. The summed E-state index contributed by atoms with van der Waals surface area (Å²) >= 11 is 1.93. The van der Waals surface area contributed by atoms with Crippen molar-refractivity contribution < 1.29 is 23.5 Å². The van der Waals surface area contributed by atoms with Gasteiger partial charge in [-0.1, -0.05) is 0 Å². The number of aryl methyl sites for hydroxylation is 1. The number of ether oxygens (including phenoxy) is 2. The molecule has 7 heteroatoms. The summed E-state index contributed by atoms with van der Waals surface area (Å²) in [6, 6.07) is 3.05. The lowest BCUT2D eigenvalue weighted by Crippen LogP contribution is -2.16. The molecule has 0 aromatic heterocycles. The number of carbonyl (C=O) groups is 2. The highest BCUT2D eigenvalue weighted by atomic mass is 127. The number of benzene rings is 1. The molecule has 1 aromatic carbocycles. The van der Waals surface area contributed by atoms with Crippen LogP contribution < -0.4 is 5.32 Å². The highest BCUT2D eigenvalue weighted by Crippen LogP contribution is 2.25. The molecule has 0 bridgehead atoms. The number of hydrogen-bond donors (Lipinski definition) is 1. The minimum absolute atomic E-state index is 0.0942. The normalized spacial score (nSPS) is 10.9. The maximum atomic E-state index is 13.9. The van der Waals surface area contributed by atoms with E-state index in [1.807, 2.05) is 22.6 Å². The molecule has 0 saturated carbocycles. The van der Waals surface area contributed by atoms with E-state index in [0.717, 1.165) is 18.7 Å². The molecule has 0 aliphatic carbocycles. The first-order chi connectivity index (χ1) is 9.38. The number of anilines is 1. The molecule has 0 spiro atoms. The Morgan fingerprint density at radius 2 is 1.95 bits per heavy atom. The van der Waals surface area contributed by atoms with Crippen LogP contribution in [0.4, 0.5) is 10.1 Å². The standard InChI is InChI=1S/C13H13FINO4/c1-7-4-8(14)12(9(15)5-7)16-10(13(18)20-3)6-11(17)19-2/h4-6,16H,1-3H3/b10-6+. The number of carbonyl (C=O) groups excluding carboxylic acids is 2. The molecule has 108 valence electrons. The van der Waals surface area contributed by atoms with Crippen LogP contribution in [0.3, 0.4) is 0 Å². The predicted octanol–water partition coefficient (Wildman–Crippen LogP) is 2.38. The Hall–Kier alpha value is -1.64. The maximum Gasteiger partial charge on any atom is 0.354 e. The van der Waals surface area contributed by atoms with Gasteiger partial charge in [0.25, 0.3) is 0 Å². The highest BCUT2D eigenvalue weighted by Gasteiger charge is 2.16. The van der Waals surface area contributed by atoms with Crippen molar-refractivity contribution in [1.82, 2.24) is 0 Å². The Labute approximate surface area is 129 Å². The van der Waals surface area contributed by atoms with Crippen molar-refractivity contribution in [2.45, 2.75) is 6.92 Å². The summed E-state index contributed by atoms with van der Waals surface area (Å²) in [4.78, 5) is 22.8. The van der Waals surface area contributed by atoms with Gasteiger partial charge in [-0.25, -0.2) is 14.0 Å². The molecular formula is C13H13FINO4. The fourth-order valence-corrected chi connectivity index (χ4v) is 2.27. The molecule has 0 heterocycles.